The molecular formula is C44H56N8O3. The van der Waals surface area contributed by atoms with Crippen molar-refractivity contribution >= 4 is 23.5 Å². The Labute approximate surface area is 324 Å². The minimum absolute atomic E-state index is 0.0512. The molecule has 2 aromatic heterocycles. The van der Waals surface area contributed by atoms with Gasteiger partial charge < -0.3 is 30.2 Å². The number of nitrogens with two attached hydrogens (primary N) is 1. The van der Waals surface area contributed by atoms with Crippen LogP contribution in [0.3, 0.4) is 0 Å². The summed E-state index contributed by atoms with van der Waals surface area (Å²) in [6.07, 6.45) is 30.6. The second-order valence-corrected chi connectivity index (χ2v) is 17.5. The molecule has 1 saturated heterocycles. The Morgan fingerprint density at radius 1 is 0.709 bits per heavy atom. The summed E-state index contributed by atoms with van der Waals surface area (Å²) in [5.41, 5.74) is 9.36. The van der Waals surface area contributed by atoms with E-state index in [1.165, 1.54) is 89.9 Å². The number of ether oxygens (including phenoxy) is 1. The van der Waals surface area contributed by atoms with Crippen molar-refractivity contribution < 1.29 is 14.3 Å². The van der Waals surface area contributed by atoms with Crippen molar-refractivity contribution in [2.75, 3.05) is 24.3 Å². The molecule has 9 fully saturated rings. The highest BCUT2D eigenvalue weighted by Gasteiger charge is 2.52. The smallest absolute Gasteiger partial charge is 0.319 e. The number of nitrogen functional groups attached to an aromatic ring is 1. The molecule has 1 aliphatic heterocycles. The van der Waals surface area contributed by atoms with Gasteiger partial charge in [-0.2, -0.15) is 4.99 Å². The van der Waals surface area contributed by atoms with Gasteiger partial charge in [0.2, 0.25) is 6.08 Å². The molecule has 0 radical (unpaired) electrons. The summed E-state index contributed by atoms with van der Waals surface area (Å²) in [6.45, 7) is 2.00. The summed E-state index contributed by atoms with van der Waals surface area (Å²) in [4.78, 5) is 35.1. The van der Waals surface area contributed by atoms with Gasteiger partial charge in [-0.25, -0.2) is 19.6 Å². The molecule has 4 aromatic rings. The van der Waals surface area contributed by atoms with Crippen LogP contribution in [-0.4, -0.2) is 55.5 Å². The number of hydrogen-bond acceptors (Lipinski definition) is 7. The van der Waals surface area contributed by atoms with Gasteiger partial charge in [0.25, 0.3) is 0 Å². The van der Waals surface area contributed by atoms with Gasteiger partial charge in [0, 0.05) is 66.3 Å². The Kier molecular flexibility index (Phi) is 11.2. The van der Waals surface area contributed by atoms with Crippen LogP contribution in [0.4, 0.5) is 16.2 Å². The van der Waals surface area contributed by atoms with Crippen molar-refractivity contribution in [3.8, 4) is 11.4 Å². The fourth-order valence-corrected chi connectivity index (χ4v) is 11.7. The van der Waals surface area contributed by atoms with Gasteiger partial charge in [0.15, 0.2) is 0 Å². The standard InChI is InChI=1S/C20H24N4O.C11H15NO.C9H9N3.C4H8O/c25-19(22-17-1-3-18(4-2-17)24-6-5-21-13-24)23-20-10-14-7-15(11-20)9-16(8-14)12-20;13-7-12-11-4-8-1-9(5-11)3-10(2-8)6-11;10-8-1-3-9(4-2-8)12-6-5-11-7-12;1-2-4-5-3-1/h1-6,13-16H,7-12H2,(H2,22,23,25);8-10H,1-6H2;1-7H,10H2;1-4H2. The number of urea groups is 1. The van der Waals surface area contributed by atoms with E-state index in [2.05, 4.69) is 25.6 Å². The maximum absolute atomic E-state index is 12.6. The number of aliphatic imine (C=N–C) groups is 1. The largest absolute Gasteiger partial charge is 0.399 e. The number of amides is 2. The van der Waals surface area contributed by atoms with Gasteiger partial charge in [0.1, 0.15) is 0 Å². The molecule has 55 heavy (non-hydrogen) atoms. The SMILES string of the molecule is C1CCOC1.Nc1ccc(-n2ccnc2)cc1.O=C(Nc1ccc(-n2ccnc2)cc1)NC12CC3CC(CC(C3)C1)C2.O=C=NC12CC3CC(CC(C3)C1)C2. The first-order valence-corrected chi connectivity index (χ1v) is 20.5. The molecular weight excluding hydrogens is 689 g/mol. The lowest BCUT2D eigenvalue weighted by Crippen LogP contribution is -2.60. The molecule has 2 amide bonds. The Morgan fingerprint density at radius 2 is 1.16 bits per heavy atom. The summed E-state index contributed by atoms with van der Waals surface area (Å²) in [6, 6.07) is 15.4. The zero-order chi connectivity index (χ0) is 37.7. The van der Waals surface area contributed by atoms with E-state index in [1.54, 1.807) is 31.1 Å². The first-order valence-electron chi connectivity index (χ1n) is 20.5. The molecule has 11 heteroatoms. The molecule has 11 nitrogen and oxygen atoms in total. The van der Waals surface area contributed by atoms with E-state index in [0.717, 1.165) is 71.5 Å². The van der Waals surface area contributed by atoms with Crippen molar-refractivity contribution in [3.05, 3.63) is 86.0 Å². The van der Waals surface area contributed by atoms with Crippen molar-refractivity contribution in [2.45, 2.75) is 101 Å². The van der Waals surface area contributed by atoms with Crippen molar-refractivity contribution in [1.29, 1.82) is 0 Å². The molecule has 13 rings (SSSR count). The van der Waals surface area contributed by atoms with Crippen molar-refractivity contribution in [3.63, 3.8) is 0 Å². The van der Waals surface area contributed by atoms with E-state index in [9.17, 15) is 9.59 Å². The summed E-state index contributed by atoms with van der Waals surface area (Å²) >= 11 is 0. The number of rotatable bonds is 5. The van der Waals surface area contributed by atoms with Crippen LogP contribution in [-0.2, 0) is 9.53 Å². The number of carbonyl (C=O) groups excluding carboxylic acids is 2. The van der Waals surface area contributed by atoms with Crippen LogP contribution in [0, 0.1) is 35.5 Å². The average Bonchev–Trinajstić information content (AvgIpc) is 3.98. The van der Waals surface area contributed by atoms with Gasteiger partial charge in [0.05, 0.1) is 18.2 Å². The number of isocyanates is 1. The minimum Gasteiger partial charge on any atom is -0.399 e. The molecule has 8 aliphatic carbocycles. The molecule has 3 heterocycles. The monoisotopic (exact) mass is 744 g/mol. The lowest BCUT2D eigenvalue weighted by atomic mass is 9.53. The van der Waals surface area contributed by atoms with Crippen LogP contribution in [0.15, 0.2) is 91.0 Å². The van der Waals surface area contributed by atoms with Gasteiger partial charge >= 0.3 is 6.03 Å². The summed E-state index contributed by atoms with van der Waals surface area (Å²) in [5, 5.41) is 6.36. The third-order valence-corrected chi connectivity index (χ3v) is 13.2. The van der Waals surface area contributed by atoms with E-state index < -0.39 is 0 Å². The Morgan fingerprint density at radius 3 is 1.56 bits per heavy atom. The minimum atomic E-state index is -0.0580. The van der Waals surface area contributed by atoms with E-state index in [0.29, 0.717) is 0 Å². The topological polar surface area (TPSA) is 141 Å². The lowest BCUT2D eigenvalue weighted by Gasteiger charge is -2.56. The lowest BCUT2D eigenvalue weighted by molar-refractivity contribution is -0.0127. The number of benzene rings is 2. The fourth-order valence-electron chi connectivity index (χ4n) is 11.7. The zero-order valence-electron chi connectivity index (χ0n) is 31.9. The van der Waals surface area contributed by atoms with Gasteiger partial charge in [-0.15, -0.1) is 0 Å². The molecule has 2 aromatic carbocycles. The predicted molar refractivity (Wildman–Crippen MR) is 214 cm³/mol. The van der Waals surface area contributed by atoms with Crippen LogP contribution in [0.2, 0.25) is 0 Å². The third-order valence-electron chi connectivity index (χ3n) is 13.2. The summed E-state index contributed by atoms with van der Waals surface area (Å²) in [7, 11) is 0. The second-order valence-electron chi connectivity index (χ2n) is 17.5. The number of hydrogen-bond donors (Lipinski definition) is 3. The van der Waals surface area contributed by atoms with Crippen LogP contribution in [0.5, 0.6) is 0 Å². The highest BCUT2D eigenvalue weighted by molar-refractivity contribution is 5.90. The Hall–Kier alpha value is -4.73. The highest BCUT2D eigenvalue weighted by atomic mass is 16.5. The van der Waals surface area contributed by atoms with Gasteiger partial charge in [-0.05, 0) is 174 Å². The highest BCUT2D eigenvalue weighted by Crippen LogP contribution is 2.57. The van der Waals surface area contributed by atoms with E-state index >= 15 is 0 Å². The first kappa shape index (κ1) is 37.2. The van der Waals surface area contributed by atoms with Crippen LogP contribution in [0.25, 0.3) is 11.4 Å². The summed E-state index contributed by atoms with van der Waals surface area (Å²) < 4.78 is 8.82. The second kappa shape index (κ2) is 16.6. The average molecular weight is 745 g/mol. The summed E-state index contributed by atoms with van der Waals surface area (Å²) in [5.74, 6) is 5.14. The van der Waals surface area contributed by atoms with Gasteiger partial charge in [-0.3, -0.25) is 0 Å². The molecule has 0 unspecified atom stereocenters. The molecule has 9 aliphatic rings. The molecule has 0 spiro atoms. The predicted octanol–water partition coefficient (Wildman–Crippen LogP) is 8.50. The number of anilines is 2. The third kappa shape index (κ3) is 9.22. The fraction of sp³-hybridized carbons (Fsp3) is 0.545. The Bertz CT molecular complexity index is 1800. The van der Waals surface area contributed by atoms with Crippen LogP contribution >= 0.6 is 0 Å². The van der Waals surface area contributed by atoms with E-state index in [-0.39, 0.29) is 17.1 Å². The number of aromatic nitrogens is 4. The van der Waals surface area contributed by atoms with E-state index in [4.69, 9.17) is 10.5 Å². The number of imidazole rings is 2. The molecule has 8 bridgehead atoms. The van der Waals surface area contributed by atoms with Crippen molar-refractivity contribution in [2.24, 2.45) is 40.5 Å². The maximum atomic E-state index is 12.6. The van der Waals surface area contributed by atoms with E-state index in [1.807, 2.05) is 70.1 Å². The molecule has 8 saturated carbocycles. The first-order chi connectivity index (χ1) is 26.8. The number of carbonyl (C=O) groups is 1. The molecule has 4 N–H and O–H groups in total. The normalized spacial score (nSPS) is 31.4. The molecule has 290 valence electrons. The van der Waals surface area contributed by atoms with Crippen molar-refractivity contribution in [1.82, 2.24) is 24.4 Å². The van der Waals surface area contributed by atoms with Crippen LogP contribution < -0.4 is 16.4 Å². The number of nitrogens with zero attached hydrogens (tertiary/aromatic N) is 5. The molecule has 0 atom stereocenters. The van der Waals surface area contributed by atoms with Gasteiger partial charge in [-0.1, -0.05) is 0 Å². The number of nitrogens with one attached hydrogen (secondary N) is 2. The Balaban J connectivity index is 0.000000119. The maximum Gasteiger partial charge on any atom is 0.319 e. The quantitative estimate of drug-likeness (QED) is 0.106. The van der Waals surface area contributed by atoms with Crippen LogP contribution in [0.1, 0.15) is 89.9 Å². The zero-order valence-corrected chi connectivity index (χ0v) is 31.9.